The molecule has 0 saturated heterocycles. The summed E-state index contributed by atoms with van der Waals surface area (Å²) >= 11 is 0. The minimum Gasteiger partial charge on any atom is -0.497 e. The van der Waals surface area contributed by atoms with Crippen molar-refractivity contribution in [3.8, 4) is 11.5 Å². The van der Waals surface area contributed by atoms with Gasteiger partial charge in [-0.1, -0.05) is 24.6 Å². The molecule has 4 nitrogen and oxygen atoms in total. The first-order valence-electron chi connectivity index (χ1n) is 9.76. The predicted molar refractivity (Wildman–Crippen MR) is 107 cm³/mol. The quantitative estimate of drug-likeness (QED) is 0.650. The summed E-state index contributed by atoms with van der Waals surface area (Å²) in [6.45, 7) is 1.53. The Labute approximate surface area is 162 Å². The fourth-order valence-corrected chi connectivity index (χ4v) is 3.61. The van der Waals surface area contributed by atoms with Crippen molar-refractivity contribution >= 4 is 5.91 Å². The van der Waals surface area contributed by atoms with Gasteiger partial charge in [-0.2, -0.15) is 0 Å². The maximum Gasteiger partial charge on any atom is 0.222 e. The Morgan fingerprint density at radius 2 is 1.67 bits per heavy atom. The summed E-state index contributed by atoms with van der Waals surface area (Å²) in [5, 5.41) is 0. The molecule has 2 aromatic carbocycles. The van der Waals surface area contributed by atoms with Gasteiger partial charge in [-0.3, -0.25) is 4.79 Å². The highest BCUT2D eigenvalue weighted by Gasteiger charge is 2.20. The molecule has 0 spiro atoms. The van der Waals surface area contributed by atoms with Crippen LogP contribution in [-0.4, -0.2) is 31.6 Å². The monoisotopic (exact) mass is 367 g/mol. The third kappa shape index (κ3) is 5.25. The summed E-state index contributed by atoms with van der Waals surface area (Å²) < 4.78 is 10.5. The average molecular weight is 367 g/mol. The van der Waals surface area contributed by atoms with Gasteiger partial charge in [-0.15, -0.1) is 0 Å². The third-order valence-electron chi connectivity index (χ3n) is 5.29. The molecule has 0 saturated carbocycles. The lowest BCUT2D eigenvalue weighted by Crippen LogP contribution is -2.35. The standard InChI is InChI=1S/C23H29NO3/c1-26-21-11-8-18(9-12-21)6-4-3-5-7-23(25)24-15-14-19-10-13-22(27-2)16-20(19)17-24/h8-13,16H,3-7,14-15,17H2,1-2H3. The summed E-state index contributed by atoms with van der Waals surface area (Å²) in [6.07, 6.45) is 5.77. The fourth-order valence-electron chi connectivity index (χ4n) is 3.61. The minimum absolute atomic E-state index is 0.271. The zero-order chi connectivity index (χ0) is 19.1. The zero-order valence-electron chi connectivity index (χ0n) is 16.4. The highest BCUT2D eigenvalue weighted by molar-refractivity contribution is 5.76. The van der Waals surface area contributed by atoms with Crippen molar-refractivity contribution in [2.75, 3.05) is 20.8 Å². The van der Waals surface area contributed by atoms with E-state index < -0.39 is 0 Å². The molecule has 4 heteroatoms. The predicted octanol–water partition coefficient (Wildman–Crippen LogP) is 4.39. The van der Waals surface area contributed by atoms with Gasteiger partial charge in [-0.25, -0.2) is 0 Å². The van der Waals surface area contributed by atoms with E-state index in [1.54, 1.807) is 14.2 Å². The number of benzene rings is 2. The van der Waals surface area contributed by atoms with Gasteiger partial charge in [0, 0.05) is 19.5 Å². The molecular formula is C23H29NO3. The third-order valence-corrected chi connectivity index (χ3v) is 5.29. The van der Waals surface area contributed by atoms with Crippen LogP contribution in [0.4, 0.5) is 0 Å². The topological polar surface area (TPSA) is 38.8 Å². The summed E-state index contributed by atoms with van der Waals surface area (Å²) in [5.74, 6) is 2.03. The van der Waals surface area contributed by atoms with Gasteiger partial charge >= 0.3 is 0 Å². The van der Waals surface area contributed by atoms with E-state index >= 15 is 0 Å². The van der Waals surface area contributed by atoms with Gasteiger partial charge in [0.25, 0.3) is 0 Å². The fraction of sp³-hybridized carbons (Fsp3) is 0.435. The van der Waals surface area contributed by atoms with Crippen molar-refractivity contribution in [1.29, 1.82) is 0 Å². The SMILES string of the molecule is COc1ccc(CCCCCC(=O)N2CCc3ccc(OC)cc3C2)cc1. The second-order valence-corrected chi connectivity index (χ2v) is 7.11. The van der Waals surface area contributed by atoms with Crippen LogP contribution in [0.15, 0.2) is 42.5 Å². The van der Waals surface area contributed by atoms with E-state index in [-0.39, 0.29) is 5.91 Å². The normalized spacial score (nSPS) is 13.2. The van der Waals surface area contributed by atoms with E-state index in [1.807, 2.05) is 23.1 Å². The molecule has 1 heterocycles. The first kappa shape index (κ1) is 19.3. The lowest BCUT2D eigenvalue weighted by molar-refractivity contribution is -0.132. The molecule has 0 atom stereocenters. The number of fused-ring (bicyclic) bond motifs is 1. The first-order valence-corrected chi connectivity index (χ1v) is 9.76. The molecule has 0 aliphatic carbocycles. The molecule has 0 unspecified atom stereocenters. The summed E-state index contributed by atoms with van der Waals surface area (Å²) in [4.78, 5) is 14.5. The molecule has 2 aromatic rings. The van der Waals surface area contributed by atoms with E-state index in [0.29, 0.717) is 13.0 Å². The van der Waals surface area contributed by atoms with Crippen LogP contribution in [0.1, 0.15) is 42.4 Å². The molecule has 0 fully saturated rings. The number of unbranched alkanes of at least 4 members (excludes halogenated alkanes) is 2. The number of methoxy groups -OCH3 is 2. The number of hydrogen-bond acceptors (Lipinski definition) is 3. The Kier molecular flexibility index (Phi) is 6.74. The van der Waals surface area contributed by atoms with Crippen LogP contribution in [0.25, 0.3) is 0 Å². The maximum absolute atomic E-state index is 12.5. The number of rotatable bonds is 8. The van der Waals surface area contributed by atoms with Crippen LogP contribution in [0, 0.1) is 0 Å². The Bertz CT molecular complexity index is 755. The van der Waals surface area contributed by atoms with Crippen molar-refractivity contribution in [3.63, 3.8) is 0 Å². The van der Waals surface area contributed by atoms with Gasteiger partial charge in [0.15, 0.2) is 0 Å². The lowest BCUT2D eigenvalue weighted by atomic mass is 9.99. The van der Waals surface area contributed by atoms with Crippen molar-refractivity contribution in [1.82, 2.24) is 4.90 Å². The van der Waals surface area contributed by atoms with Crippen molar-refractivity contribution in [2.24, 2.45) is 0 Å². The highest BCUT2D eigenvalue weighted by atomic mass is 16.5. The largest absolute Gasteiger partial charge is 0.497 e. The van der Waals surface area contributed by atoms with Crippen LogP contribution < -0.4 is 9.47 Å². The van der Waals surface area contributed by atoms with Gasteiger partial charge in [0.05, 0.1) is 14.2 Å². The number of ether oxygens (including phenoxy) is 2. The van der Waals surface area contributed by atoms with Crippen LogP contribution in [0.2, 0.25) is 0 Å². The van der Waals surface area contributed by atoms with Gasteiger partial charge in [0.2, 0.25) is 5.91 Å². The Hall–Kier alpha value is -2.49. The molecule has 0 aromatic heterocycles. The van der Waals surface area contributed by atoms with Crippen molar-refractivity contribution in [2.45, 2.75) is 45.1 Å². The Morgan fingerprint density at radius 3 is 2.41 bits per heavy atom. The van der Waals surface area contributed by atoms with Gasteiger partial charge < -0.3 is 14.4 Å². The van der Waals surface area contributed by atoms with Crippen molar-refractivity contribution < 1.29 is 14.3 Å². The van der Waals surface area contributed by atoms with E-state index in [9.17, 15) is 4.79 Å². The van der Waals surface area contributed by atoms with Crippen molar-refractivity contribution in [3.05, 3.63) is 59.2 Å². The van der Waals surface area contributed by atoms with E-state index in [0.717, 1.165) is 50.1 Å². The average Bonchev–Trinajstić information content (AvgIpc) is 2.72. The highest BCUT2D eigenvalue weighted by Crippen LogP contribution is 2.24. The second-order valence-electron chi connectivity index (χ2n) is 7.11. The molecule has 1 aliphatic rings. The number of carbonyl (C=O) groups excluding carboxylic acids is 1. The summed E-state index contributed by atoms with van der Waals surface area (Å²) in [5.41, 5.74) is 3.87. The minimum atomic E-state index is 0.271. The molecule has 0 N–H and O–H groups in total. The number of amides is 1. The molecule has 144 valence electrons. The van der Waals surface area contributed by atoms with Crippen LogP contribution in [0.3, 0.4) is 0 Å². The second kappa shape index (κ2) is 9.45. The van der Waals surface area contributed by atoms with E-state index in [2.05, 4.69) is 24.3 Å². The number of nitrogens with zero attached hydrogens (tertiary/aromatic N) is 1. The van der Waals surface area contributed by atoms with E-state index in [4.69, 9.17) is 9.47 Å². The Morgan fingerprint density at radius 1 is 0.926 bits per heavy atom. The van der Waals surface area contributed by atoms with Crippen LogP contribution in [0.5, 0.6) is 11.5 Å². The molecular weight excluding hydrogens is 338 g/mol. The van der Waals surface area contributed by atoms with Crippen LogP contribution in [-0.2, 0) is 24.2 Å². The smallest absolute Gasteiger partial charge is 0.222 e. The molecule has 27 heavy (non-hydrogen) atoms. The number of hydrogen-bond donors (Lipinski definition) is 0. The van der Waals surface area contributed by atoms with E-state index in [1.165, 1.54) is 16.7 Å². The molecule has 1 aliphatic heterocycles. The zero-order valence-corrected chi connectivity index (χ0v) is 16.4. The first-order chi connectivity index (χ1) is 13.2. The summed E-state index contributed by atoms with van der Waals surface area (Å²) in [7, 11) is 3.36. The summed E-state index contributed by atoms with van der Waals surface area (Å²) in [6, 6.07) is 14.4. The van der Waals surface area contributed by atoms with Gasteiger partial charge in [0.1, 0.15) is 11.5 Å². The molecule has 3 rings (SSSR count). The maximum atomic E-state index is 12.5. The number of aryl methyl sites for hydroxylation is 1. The molecule has 0 radical (unpaired) electrons. The molecule has 0 bridgehead atoms. The lowest BCUT2D eigenvalue weighted by Gasteiger charge is -2.29. The molecule has 1 amide bonds. The van der Waals surface area contributed by atoms with Gasteiger partial charge in [-0.05, 0) is 66.6 Å². The van der Waals surface area contributed by atoms with Crippen LogP contribution >= 0.6 is 0 Å². The number of carbonyl (C=O) groups is 1. The Balaban J connectivity index is 1.39.